The van der Waals surface area contributed by atoms with Crippen LogP contribution in [-0.2, 0) is 6.54 Å². The van der Waals surface area contributed by atoms with Crippen LogP contribution in [-0.4, -0.2) is 26.8 Å². The first-order valence-electron chi connectivity index (χ1n) is 6.40. The fourth-order valence-corrected chi connectivity index (χ4v) is 2.69. The molecule has 2 aromatic rings. The lowest BCUT2D eigenvalue weighted by atomic mass is 10.3. The van der Waals surface area contributed by atoms with Crippen molar-refractivity contribution in [2.75, 3.05) is 5.43 Å². The van der Waals surface area contributed by atoms with Crippen molar-refractivity contribution in [3.8, 4) is 0 Å². The molecule has 3 rings (SSSR count). The maximum absolute atomic E-state index is 12.5. The van der Waals surface area contributed by atoms with Crippen LogP contribution >= 0.6 is 11.3 Å². The Morgan fingerprint density at radius 3 is 2.85 bits per heavy atom. The van der Waals surface area contributed by atoms with Crippen LogP contribution in [0.3, 0.4) is 0 Å². The number of nitrogens with two attached hydrogens (primary N) is 1. The van der Waals surface area contributed by atoms with Crippen molar-refractivity contribution in [1.29, 1.82) is 0 Å². The number of amides is 1. The summed E-state index contributed by atoms with van der Waals surface area (Å²) in [5, 5.41) is 2.02. The Hall–Kier alpha value is -1.99. The molecular formula is C13H15N5OS. The number of hydrogen-bond acceptors (Lipinski definition) is 6. The van der Waals surface area contributed by atoms with E-state index in [1.807, 2.05) is 22.4 Å². The molecule has 104 valence electrons. The minimum atomic E-state index is -0.0722. The number of carbonyl (C=O) groups is 1. The first-order valence-corrected chi connectivity index (χ1v) is 7.28. The zero-order chi connectivity index (χ0) is 13.9. The highest BCUT2D eigenvalue weighted by molar-refractivity contribution is 7.09. The molecule has 3 N–H and O–H groups in total. The van der Waals surface area contributed by atoms with Gasteiger partial charge >= 0.3 is 0 Å². The monoisotopic (exact) mass is 289 g/mol. The second kappa shape index (κ2) is 5.56. The minimum Gasteiger partial charge on any atom is -0.329 e. The SMILES string of the molecule is NNc1cnc(C(=O)N(Cc2cccs2)C2CC2)cn1. The Bertz CT molecular complexity index is 579. The van der Waals surface area contributed by atoms with Crippen molar-refractivity contribution in [3.63, 3.8) is 0 Å². The number of nitrogens with zero attached hydrogens (tertiary/aromatic N) is 3. The maximum atomic E-state index is 12.5. The molecule has 2 heterocycles. The molecule has 1 amide bonds. The van der Waals surface area contributed by atoms with E-state index in [0.717, 1.165) is 12.8 Å². The van der Waals surface area contributed by atoms with E-state index in [1.54, 1.807) is 11.3 Å². The number of nitrogens with one attached hydrogen (secondary N) is 1. The smallest absolute Gasteiger partial charge is 0.274 e. The Morgan fingerprint density at radius 2 is 2.30 bits per heavy atom. The molecule has 1 aliphatic rings. The van der Waals surface area contributed by atoms with Gasteiger partial charge in [0, 0.05) is 10.9 Å². The van der Waals surface area contributed by atoms with Crippen molar-refractivity contribution < 1.29 is 4.79 Å². The van der Waals surface area contributed by atoms with Crippen LogP contribution in [0.5, 0.6) is 0 Å². The van der Waals surface area contributed by atoms with Crippen molar-refractivity contribution in [2.24, 2.45) is 5.84 Å². The number of rotatable bonds is 5. The highest BCUT2D eigenvalue weighted by atomic mass is 32.1. The number of carbonyl (C=O) groups excluding carboxylic acids is 1. The summed E-state index contributed by atoms with van der Waals surface area (Å²) in [7, 11) is 0. The number of hydrogen-bond donors (Lipinski definition) is 2. The van der Waals surface area contributed by atoms with Crippen molar-refractivity contribution in [2.45, 2.75) is 25.4 Å². The predicted octanol–water partition coefficient (Wildman–Crippen LogP) is 1.63. The summed E-state index contributed by atoms with van der Waals surface area (Å²) < 4.78 is 0. The molecular weight excluding hydrogens is 274 g/mol. The van der Waals surface area contributed by atoms with Gasteiger partial charge in [-0.25, -0.2) is 15.8 Å². The summed E-state index contributed by atoms with van der Waals surface area (Å²) in [6, 6.07) is 4.37. The molecule has 0 aromatic carbocycles. The van der Waals surface area contributed by atoms with E-state index in [2.05, 4.69) is 15.4 Å². The van der Waals surface area contributed by atoms with E-state index < -0.39 is 0 Å². The fraction of sp³-hybridized carbons (Fsp3) is 0.308. The van der Waals surface area contributed by atoms with Crippen LogP contribution in [0, 0.1) is 0 Å². The maximum Gasteiger partial charge on any atom is 0.274 e. The molecule has 2 aromatic heterocycles. The summed E-state index contributed by atoms with van der Waals surface area (Å²) in [5.74, 6) is 5.61. The summed E-state index contributed by atoms with van der Waals surface area (Å²) in [4.78, 5) is 23.7. The standard InChI is InChI=1S/C13H15N5OS/c14-17-12-7-15-11(6-16-12)13(19)18(9-3-4-9)8-10-2-1-5-20-10/h1-2,5-7,9H,3-4,8,14H2,(H,16,17). The summed E-state index contributed by atoms with van der Waals surface area (Å²) in [6.45, 7) is 0.639. The summed E-state index contributed by atoms with van der Waals surface area (Å²) in [5.41, 5.74) is 2.75. The lowest BCUT2D eigenvalue weighted by Crippen LogP contribution is -2.33. The molecule has 0 atom stereocenters. The molecule has 0 aliphatic heterocycles. The van der Waals surface area contributed by atoms with Crippen LogP contribution in [0.2, 0.25) is 0 Å². The molecule has 0 spiro atoms. The molecule has 1 saturated carbocycles. The van der Waals surface area contributed by atoms with Gasteiger partial charge in [0.25, 0.3) is 5.91 Å². The molecule has 0 radical (unpaired) electrons. The van der Waals surface area contributed by atoms with Gasteiger partial charge in [0.05, 0.1) is 18.9 Å². The van der Waals surface area contributed by atoms with Gasteiger partial charge in [-0.2, -0.15) is 0 Å². The van der Waals surface area contributed by atoms with Crippen molar-refractivity contribution in [1.82, 2.24) is 14.9 Å². The van der Waals surface area contributed by atoms with Gasteiger partial charge in [0.15, 0.2) is 5.82 Å². The Labute approximate surface area is 120 Å². The van der Waals surface area contributed by atoms with Gasteiger partial charge in [0.1, 0.15) is 5.69 Å². The van der Waals surface area contributed by atoms with E-state index in [4.69, 9.17) is 5.84 Å². The van der Waals surface area contributed by atoms with E-state index in [9.17, 15) is 4.79 Å². The van der Waals surface area contributed by atoms with Crippen LogP contribution < -0.4 is 11.3 Å². The average Bonchev–Trinajstić information content (AvgIpc) is 3.21. The number of hydrazine groups is 1. The van der Waals surface area contributed by atoms with Crippen molar-refractivity contribution in [3.05, 3.63) is 40.5 Å². The average molecular weight is 289 g/mol. The number of thiophene rings is 1. The minimum absolute atomic E-state index is 0.0722. The molecule has 0 bridgehead atoms. The first-order chi connectivity index (χ1) is 9.78. The fourth-order valence-electron chi connectivity index (χ4n) is 1.98. The van der Waals surface area contributed by atoms with E-state index in [-0.39, 0.29) is 5.91 Å². The summed E-state index contributed by atoms with van der Waals surface area (Å²) in [6.07, 6.45) is 5.05. The van der Waals surface area contributed by atoms with E-state index >= 15 is 0 Å². The zero-order valence-corrected chi connectivity index (χ0v) is 11.6. The second-order valence-corrected chi connectivity index (χ2v) is 5.71. The van der Waals surface area contributed by atoms with Crippen molar-refractivity contribution >= 4 is 23.1 Å². The third kappa shape index (κ3) is 2.78. The van der Waals surface area contributed by atoms with Crippen LogP contribution in [0.1, 0.15) is 28.2 Å². The predicted molar refractivity (Wildman–Crippen MR) is 77.1 cm³/mol. The van der Waals surface area contributed by atoms with Gasteiger partial charge in [-0.15, -0.1) is 11.3 Å². The van der Waals surface area contributed by atoms with Gasteiger partial charge in [-0.1, -0.05) is 6.07 Å². The molecule has 1 fully saturated rings. The largest absolute Gasteiger partial charge is 0.329 e. The summed E-state index contributed by atoms with van der Waals surface area (Å²) >= 11 is 1.66. The lowest BCUT2D eigenvalue weighted by molar-refractivity contribution is 0.0725. The van der Waals surface area contributed by atoms with Gasteiger partial charge < -0.3 is 10.3 Å². The van der Waals surface area contributed by atoms with Gasteiger partial charge in [0.2, 0.25) is 0 Å². The third-order valence-electron chi connectivity index (χ3n) is 3.17. The van der Waals surface area contributed by atoms with Crippen LogP contribution in [0.4, 0.5) is 5.82 Å². The quantitative estimate of drug-likeness (QED) is 0.645. The Morgan fingerprint density at radius 1 is 1.45 bits per heavy atom. The zero-order valence-electron chi connectivity index (χ0n) is 10.8. The Kier molecular flexibility index (Phi) is 3.62. The van der Waals surface area contributed by atoms with E-state index in [0.29, 0.717) is 24.1 Å². The molecule has 1 aliphatic carbocycles. The number of anilines is 1. The topological polar surface area (TPSA) is 84.1 Å². The lowest BCUT2D eigenvalue weighted by Gasteiger charge is -2.21. The van der Waals surface area contributed by atoms with Gasteiger partial charge in [-0.05, 0) is 24.3 Å². The highest BCUT2D eigenvalue weighted by Gasteiger charge is 2.33. The van der Waals surface area contributed by atoms with Crippen LogP contribution in [0.15, 0.2) is 29.9 Å². The van der Waals surface area contributed by atoms with Crippen LogP contribution in [0.25, 0.3) is 0 Å². The molecule has 6 nitrogen and oxygen atoms in total. The molecule has 0 saturated heterocycles. The highest BCUT2D eigenvalue weighted by Crippen LogP contribution is 2.30. The van der Waals surface area contributed by atoms with Gasteiger partial charge in [-0.3, -0.25) is 4.79 Å². The molecule has 0 unspecified atom stereocenters. The third-order valence-corrected chi connectivity index (χ3v) is 4.03. The van der Waals surface area contributed by atoms with E-state index in [1.165, 1.54) is 17.3 Å². The second-order valence-electron chi connectivity index (χ2n) is 4.67. The molecule has 20 heavy (non-hydrogen) atoms. The Balaban J connectivity index is 1.77. The normalized spacial score (nSPS) is 14.1. The first kappa shape index (κ1) is 13.0. The molecule has 7 heteroatoms. The number of aromatic nitrogens is 2. The number of nitrogen functional groups attached to an aromatic ring is 1.